The molecule has 0 saturated heterocycles. The molecule has 0 fully saturated rings. The molecule has 3 rings (SSSR count). The molecule has 1 atom stereocenters. The zero-order valence-electron chi connectivity index (χ0n) is 16.6. The number of ether oxygens (including phenoxy) is 2. The lowest BCUT2D eigenvalue weighted by atomic mass is 10.1. The van der Waals surface area contributed by atoms with Gasteiger partial charge in [-0.05, 0) is 48.7 Å². The second-order valence-electron chi connectivity index (χ2n) is 6.92. The molecular weight excluding hydrogens is 392 g/mol. The number of carbonyl (C=O) groups is 2. The molecule has 0 saturated carbocycles. The first-order chi connectivity index (χ1) is 14.0. The van der Waals surface area contributed by atoms with Crippen LogP contribution in [0.3, 0.4) is 0 Å². The number of nitrogens with zero attached hydrogens (tertiary/aromatic N) is 1. The Morgan fingerprint density at radius 1 is 1.10 bits per heavy atom. The molecule has 6 nitrogen and oxygen atoms in total. The Bertz CT molecular complexity index is 887. The van der Waals surface area contributed by atoms with Crippen molar-refractivity contribution in [2.45, 2.75) is 32.4 Å². The highest BCUT2D eigenvalue weighted by Crippen LogP contribution is 2.31. The largest absolute Gasteiger partial charge is 0.486 e. The van der Waals surface area contributed by atoms with Gasteiger partial charge in [-0.1, -0.05) is 29.8 Å². The van der Waals surface area contributed by atoms with E-state index in [9.17, 15) is 9.59 Å². The van der Waals surface area contributed by atoms with Crippen molar-refractivity contribution in [3.05, 3.63) is 58.6 Å². The predicted octanol–water partition coefficient (Wildman–Crippen LogP) is 3.21. The molecule has 0 radical (unpaired) electrons. The number of fused-ring (bicyclic) bond motifs is 1. The van der Waals surface area contributed by atoms with Gasteiger partial charge in [0.05, 0.1) is 0 Å². The molecule has 2 amide bonds. The molecule has 1 aliphatic rings. The normalized spacial score (nSPS) is 13.5. The Balaban J connectivity index is 1.71. The molecule has 1 heterocycles. The topological polar surface area (TPSA) is 67.9 Å². The Morgan fingerprint density at radius 2 is 1.86 bits per heavy atom. The summed E-state index contributed by atoms with van der Waals surface area (Å²) in [4.78, 5) is 26.8. The van der Waals surface area contributed by atoms with Crippen LogP contribution >= 0.6 is 11.6 Å². The number of rotatable bonds is 7. The maximum absolute atomic E-state index is 13.0. The molecule has 1 aliphatic heterocycles. The Hall–Kier alpha value is -2.73. The van der Waals surface area contributed by atoms with Crippen LogP contribution in [0.25, 0.3) is 0 Å². The molecule has 7 heteroatoms. The third-order valence-corrected chi connectivity index (χ3v) is 5.12. The van der Waals surface area contributed by atoms with E-state index in [1.54, 1.807) is 31.0 Å². The maximum atomic E-state index is 13.0. The molecule has 0 bridgehead atoms. The minimum Gasteiger partial charge on any atom is -0.486 e. The fourth-order valence-corrected chi connectivity index (χ4v) is 3.47. The quantitative estimate of drug-likeness (QED) is 0.752. The standard InChI is InChI=1S/C22H25ClN2O4/c1-15(22(27)24-2)25(14-17-4-3-5-18(23)12-17)21(26)9-7-16-6-8-19-20(13-16)29-11-10-28-19/h3-6,8,12-13,15H,7,9-11,14H2,1-2H3,(H,24,27)/t15-/m1/s1. The fraction of sp³-hybridized carbons (Fsp3) is 0.364. The number of hydrogen-bond donors (Lipinski definition) is 1. The molecule has 2 aromatic rings. The second kappa shape index (κ2) is 9.65. The van der Waals surface area contributed by atoms with Gasteiger partial charge >= 0.3 is 0 Å². The summed E-state index contributed by atoms with van der Waals surface area (Å²) in [6.07, 6.45) is 0.823. The highest BCUT2D eigenvalue weighted by atomic mass is 35.5. The van der Waals surface area contributed by atoms with Gasteiger partial charge in [0.2, 0.25) is 11.8 Å². The van der Waals surface area contributed by atoms with Gasteiger partial charge in [0.1, 0.15) is 19.3 Å². The van der Waals surface area contributed by atoms with Crippen LogP contribution in [0.1, 0.15) is 24.5 Å². The van der Waals surface area contributed by atoms with Crippen molar-refractivity contribution in [2.75, 3.05) is 20.3 Å². The van der Waals surface area contributed by atoms with E-state index in [2.05, 4.69) is 5.32 Å². The average Bonchev–Trinajstić information content (AvgIpc) is 2.74. The Morgan fingerprint density at radius 3 is 2.59 bits per heavy atom. The number of nitrogens with one attached hydrogen (secondary N) is 1. The second-order valence-corrected chi connectivity index (χ2v) is 7.36. The first-order valence-corrected chi connectivity index (χ1v) is 9.99. The molecule has 1 N–H and O–H groups in total. The Kier molecular flexibility index (Phi) is 6.99. The smallest absolute Gasteiger partial charge is 0.242 e. The molecular formula is C22H25ClN2O4. The number of likely N-dealkylation sites (N-methyl/N-ethyl adjacent to an activating group) is 1. The van der Waals surface area contributed by atoms with Crippen LogP contribution in [0.5, 0.6) is 11.5 Å². The van der Waals surface area contributed by atoms with Crippen molar-refractivity contribution < 1.29 is 19.1 Å². The van der Waals surface area contributed by atoms with Crippen molar-refractivity contribution in [1.82, 2.24) is 10.2 Å². The summed E-state index contributed by atoms with van der Waals surface area (Å²) in [6, 6.07) is 12.4. The van der Waals surface area contributed by atoms with Gasteiger partial charge in [0.15, 0.2) is 11.5 Å². The summed E-state index contributed by atoms with van der Waals surface area (Å²) in [5.41, 5.74) is 1.86. The SMILES string of the molecule is CNC(=O)[C@@H](C)N(Cc1cccc(Cl)c1)C(=O)CCc1ccc2c(c1)OCCO2. The van der Waals surface area contributed by atoms with Gasteiger partial charge in [0, 0.05) is 25.0 Å². The van der Waals surface area contributed by atoms with Crippen LogP contribution in [0.4, 0.5) is 0 Å². The van der Waals surface area contributed by atoms with Gasteiger partial charge in [-0.25, -0.2) is 0 Å². The monoisotopic (exact) mass is 416 g/mol. The van der Waals surface area contributed by atoms with Gasteiger partial charge < -0.3 is 19.7 Å². The minimum absolute atomic E-state index is 0.101. The third kappa shape index (κ3) is 5.41. The number of amides is 2. The summed E-state index contributed by atoms with van der Waals surface area (Å²) in [7, 11) is 1.57. The van der Waals surface area contributed by atoms with Crippen LogP contribution in [-0.2, 0) is 22.6 Å². The van der Waals surface area contributed by atoms with Gasteiger partial charge in [-0.15, -0.1) is 0 Å². The Labute approximate surface area is 175 Å². The molecule has 0 aromatic heterocycles. The van der Waals surface area contributed by atoms with Crippen molar-refractivity contribution in [3.8, 4) is 11.5 Å². The highest BCUT2D eigenvalue weighted by molar-refractivity contribution is 6.30. The zero-order chi connectivity index (χ0) is 20.8. The van der Waals surface area contributed by atoms with Crippen LogP contribution < -0.4 is 14.8 Å². The van der Waals surface area contributed by atoms with E-state index in [4.69, 9.17) is 21.1 Å². The van der Waals surface area contributed by atoms with Crippen LogP contribution in [-0.4, -0.2) is 43.0 Å². The van der Waals surface area contributed by atoms with Crippen LogP contribution in [0.15, 0.2) is 42.5 Å². The van der Waals surface area contributed by atoms with E-state index in [1.165, 1.54) is 0 Å². The molecule has 0 spiro atoms. The van der Waals surface area contributed by atoms with E-state index in [0.29, 0.717) is 37.0 Å². The fourth-order valence-electron chi connectivity index (χ4n) is 3.26. The zero-order valence-corrected chi connectivity index (χ0v) is 17.4. The van der Waals surface area contributed by atoms with E-state index < -0.39 is 6.04 Å². The van der Waals surface area contributed by atoms with Gasteiger partial charge in [0.25, 0.3) is 0 Å². The van der Waals surface area contributed by atoms with Crippen molar-refractivity contribution in [3.63, 3.8) is 0 Å². The molecule has 2 aromatic carbocycles. The van der Waals surface area contributed by atoms with E-state index in [-0.39, 0.29) is 18.2 Å². The van der Waals surface area contributed by atoms with Crippen molar-refractivity contribution >= 4 is 23.4 Å². The number of benzene rings is 2. The lowest BCUT2D eigenvalue weighted by molar-refractivity contribution is -0.140. The molecule has 0 unspecified atom stereocenters. The number of hydrogen-bond acceptors (Lipinski definition) is 4. The van der Waals surface area contributed by atoms with Crippen molar-refractivity contribution in [2.24, 2.45) is 0 Å². The van der Waals surface area contributed by atoms with E-state index in [0.717, 1.165) is 16.9 Å². The predicted molar refractivity (Wildman–Crippen MR) is 111 cm³/mol. The molecule has 0 aliphatic carbocycles. The van der Waals surface area contributed by atoms with Gasteiger partial charge in [-0.3, -0.25) is 9.59 Å². The highest BCUT2D eigenvalue weighted by Gasteiger charge is 2.25. The summed E-state index contributed by atoms with van der Waals surface area (Å²) in [6.45, 7) is 3.10. The molecule has 29 heavy (non-hydrogen) atoms. The summed E-state index contributed by atoms with van der Waals surface area (Å²) < 4.78 is 11.1. The van der Waals surface area contributed by atoms with Crippen LogP contribution in [0, 0.1) is 0 Å². The number of carbonyl (C=O) groups excluding carboxylic acids is 2. The average molecular weight is 417 g/mol. The first-order valence-electron chi connectivity index (χ1n) is 9.62. The van der Waals surface area contributed by atoms with Crippen molar-refractivity contribution in [1.29, 1.82) is 0 Å². The third-order valence-electron chi connectivity index (χ3n) is 4.89. The van der Waals surface area contributed by atoms with E-state index in [1.807, 2.05) is 30.3 Å². The van der Waals surface area contributed by atoms with E-state index >= 15 is 0 Å². The summed E-state index contributed by atoms with van der Waals surface area (Å²) in [5.74, 6) is 1.12. The maximum Gasteiger partial charge on any atom is 0.242 e. The summed E-state index contributed by atoms with van der Waals surface area (Å²) >= 11 is 6.07. The number of aryl methyl sites for hydroxylation is 1. The lowest BCUT2D eigenvalue weighted by Gasteiger charge is -2.28. The summed E-state index contributed by atoms with van der Waals surface area (Å²) in [5, 5.41) is 3.21. The van der Waals surface area contributed by atoms with Crippen LogP contribution in [0.2, 0.25) is 5.02 Å². The number of halogens is 1. The van der Waals surface area contributed by atoms with Gasteiger partial charge in [-0.2, -0.15) is 0 Å². The lowest BCUT2D eigenvalue weighted by Crippen LogP contribution is -2.46. The first kappa shape index (κ1) is 21.0. The minimum atomic E-state index is -0.591. The molecule has 154 valence electrons.